The molecular weight excluding hydrogens is 829 g/mol. The van der Waals surface area contributed by atoms with Crippen molar-refractivity contribution in [2.45, 2.75) is 43.2 Å². The van der Waals surface area contributed by atoms with Gasteiger partial charge in [0.05, 0.1) is 51.4 Å². The molecule has 0 spiro atoms. The highest BCUT2D eigenvalue weighted by Gasteiger charge is 2.66. The predicted octanol–water partition coefficient (Wildman–Crippen LogP) is 7.17. The molecule has 3 N–H and O–H groups in total. The monoisotopic (exact) mass is 849 g/mol. The zero-order chi connectivity index (χ0) is 40.6. The molecule has 1 aliphatic heterocycles. The third kappa shape index (κ3) is 6.21. The molecule has 3 aromatic carbocycles. The number of halogens is 11. The van der Waals surface area contributed by atoms with Crippen LogP contribution in [0.4, 0.5) is 35.1 Å². The summed E-state index contributed by atoms with van der Waals surface area (Å²) in [6.07, 6.45) is -5.92. The van der Waals surface area contributed by atoms with Gasteiger partial charge in [0.15, 0.2) is 29.1 Å². The quantitative estimate of drug-likeness (QED) is 0.114. The van der Waals surface area contributed by atoms with E-state index in [0.717, 1.165) is 49.1 Å². The van der Waals surface area contributed by atoms with Gasteiger partial charge < -0.3 is 20.1 Å². The first-order chi connectivity index (χ1) is 26.3. The number of benzene rings is 3. The van der Waals surface area contributed by atoms with E-state index in [1.807, 2.05) is 0 Å². The molecule has 7 rings (SSSR count). The zero-order valence-electron chi connectivity index (χ0n) is 27.9. The fraction of sp³-hybridized carbons (Fsp3) is 0.235. The smallest absolute Gasteiger partial charge is 0.394 e. The molecule has 1 fully saturated rings. The van der Waals surface area contributed by atoms with Gasteiger partial charge in [0.1, 0.15) is 17.7 Å². The summed E-state index contributed by atoms with van der Waals surface area (Å²) in [5.74, 6) is -8.32. The van der Waals surface area contributed by atoms with E-state index in [9.17, 15) is 41.7 Å². The molecule has 0 aliphatic carbocycles. The first-order valence-electron chi connectivity index (χ1n) is 15.9. The second-order valence-corrected chi connectivity index (χ2v) is 13.8. The van der Waals surface area contributed by atoms with Gasteiger partial charge >= 0.3 is 6.18 Å². The molecule has 0 amide bonds. The Labute approximate surface area is 323 Å². The number of aliphatic hydroxyl groups is 3. The van der Waals surface area contributed by atoms with Gasteiger partial charge in [-0.2, -0.15) is 28.5 Å². The summed E-state index contributed by atoms with van der Waals surface area (Å²) in [5.41, 5.74) is -9.89. The van der Waals surface area contributed by atoms with Crippen molar-refractivity contribution >= 4 is 34.8 Å². The summed E-state index contributed by atoms with van der Waals surface area (Å²) in [6, 6.07) is 4.87. The normalized spacial score (nSPS) is 21.6. The van der Waals surface area contributed by atoms with Crippen LogP contribution in [0, 0.1) is 36.0 Å². The van der Waals surface area contributed by atoms with Gasteiger partial charge in [0, 0.05) is 41.1 Å². The summed E-state index contributed by atoms with van der Waals surface area (Å²) in [7, 11) is 0. The highest BCUT2D eigenvalue weighted by Crippen LogP contribution is 2.50. The highest BCUT2D eigenvalue weighted by atomic mass is 35.5. The molecule has 1 unspecified atom stereocenters. The van der Waals surface area contributed by atoms with E-state index >= 15 is 8.78 Å². The van der Waals surface area contributed by atoms with E-state index in [1.54, 1.807) is 0 Å². The van der Waals surface area contributed by atoms with Crippen molar-refractivity contribution in [3.63, 3.8) is 0 Å². The number of ether oxygens (including phenoxy) is 1. The Hall–Kier alpha value is -4.63. The lowest BCUT2D eigenvalue weighted by Crippen LogP contribution is -2.68. The van der Waals surface area contributed by atoms with Crippen LogP contribution >= 0.6 is 34.8 Å². The van der Waals surface area contributed by atoms with Crippen LogP contribution in [-0.2, 0) is 22.4 Å². The maximum absolute atomic E-state index is 15.3. The van der Waals surface area contributed by atoms with Crippen molar-refractivity contribution in [1.82, 2.24) is 34.3 Å². The van der Waals surface area contributed by atoms with E-state index in [1.165, 1.54) is 6.92 Å². The summed E-state index contributed by atoms with van der Waals surface area (Å²) in [5, 5.41) is 45.1. The second-order valence-electron chi connectivity index (χ2n) is 12.5. The van der Waals surface area contributed by atoms with Crippen LogP contribution in [0.1, 0.15) is 23.6 Å². The molecule has 3 aromatic heterocycles. The number of aryl methyl sites for hydroxylation is 1. The van der Waals surface area contributed by atoms with E-state index in [4.69, 9.17) is 39.5 Å². The Bertz CT molecular complexity index is 2510. The number of alkyl halides is 3. The van der Waals surface area contributed by atoms with E-state index in [2.05, 4.69) is 20.3 Å². The number of rotatable bonds is 7. The molecule has 0 saturated carbocycles. The molecule has 4 atom stereocenters. The molecule has 1 saturated heterocycles. The van der Waals surface area contributed by atoms with Gasteiger partial charge in [-0.1, -0.05) is 34.8 Å². The van der Waals surface area contributed by atoms with Gasteiger partial charge in [-0.05, 0) is 43.3 Å². The van der Waals surface area contributed by atoms with Crippen LogP contribution in [0.3, 0.4) is 0 Å². The van der Waals surface area contributed by atoms with Crippen molar-refractivity contribution in [3.8, 4) is 27.9 Å². The Kier molecular flexibility index (Phi) is 9.96. The number of aliphatic hydroxyl groups excluding tert-OH is 2. The van der Waals surface area contributed by atoms with E-state index in [0.29, 0.717) is 20.1 Å². The minimum absolute atomic E-state index is 0.0861. The number of hydrogen-bond acceptors (Lipinski definition) is 8. The first kappa shape index (κ1) is 39.6. The number of aromatic nitrogens is 7. The second kappa shape index (κ2) is 14.1. The maximum Gasteiger partial charge on any atom is 0.418 e. The molecule has 0 radical (unpaired) electrons. The summed E-state index contributed by atoms with van der Waals surface area (Å²) >= 11 is 17.4. The Morgan fingerprint density at radius 1 is 0.839 bits per heavy atom. The standard InChI is InChI=1S/C34H22Cl3F8N7O4/c1-14-48-31(52(49-14)24-7-22(37)23(38)6-19(24)34(43,44)45)33(51-12-16(10-47-51)18-3-5-21(36)30(42)28(18)40)32(55,8-25(54)26(13-53)56-33)50-11-15(9-46-50)17-2-4-20(35)29(41)27(17)39/h2-7,9-12,25-26,53-55H,8,13H2,1H3/t25-,26-,32-,33?/m0/s1. The lowest BCUT2D eigenvalue weighted by Gasteiger charge is -2.51. The molecule has 1 aliphatic rings. The predicted molar refractivity (Wildman–Crippen MR) is 181 cm³/mol. The molecule has 294 valence electrons. The molecule has 56 heavy (non-hydrogen) atoms. The molecule has 0 bridgehead atoms. The van der Waals surface area contributed by atoms with Crippen molar-refractivity contribution in [1.29, 1.82) is 0 Å². The maximum atomic E-state index is 15.3. The van der Waals surface area contributed by atoms with Gasteiger partial charge in [0.2, 0.25) is 5.72 Å². The molecule has 6 aromatic rings. The van der Waals surface area contributed by atoms with Crippen LogP contribution in [0.15, 0.2) is 61.2 Å². The largest absolute Gasteiger partial charge is 0.418 e. The first-order valence-corrected chi connectivity index (χ1v) is 17.0. The molecule has 4 heterocycles. The van der Waals surface area contributed by atoms with E-state index in [-0.39, 0.29) is 23.0 Å². The van der Waals surface area contributed by atoms with Gasteiger partial charge in [-0.3, -0.25) is 0 Å². The third-order valence-electron chi connectivity index (χ3n) is 9.12. The molecule has 11 nitrogen and oxygen atoms in total. The van der Waals surface area contributed by atoms with Gasteiger partial charge in [-0.25, -0.2) is 41.0 Å². The van der Waals surface area contributed by atoms with Gasteiger partial charge in [0.25, 0.3) is 5.72 Å². The van der Waals surface area contributed by atoms with Crippen molar-refractivity contribution in [2.75, 3.05) is 6.61 Å². The number of hydrogen-bond donors (Lipinski definition) is 3. The Morgan fingerprint density at radius 3 is 1.95 bits per heavy atom. The minimum atomic E-state index is -5.28. The summed E-state index contributed by atoms with van der Waals surface area (Å²) < 4.78 is 126. The fourth-order valence-corrected chi connectivity index (χ4v) is 6.92. The lowest BCUT2D eigenvalue weighted by atomic mass is 9.86. The Morgan fingerprint density at radius 2 is 1.39 bits per heavy atom. The highest BCUT2D eigenvalue weighted by molar-refractivity contribution is 6.31. The number of nitrogens with zero attached hydrogens (tertiary/aromatic N) is 7. The summed E-state index contributed by atoms with van der Waals surface area (Å²) in [4.78, 5) is 4.30. The Balaban J connectivity index is 1.57. The van der Waals surface area contributed by atoms with Crippen molar-refractivity contribution < 1.29 is 55.2 Å². The third-order valence-corrected chi connectivity index (χ3v) is 9.99. The zero-order valence-corrected chi connectivity index (χ0v) is 30.1. The van der Waals surface area contributed by atoms with Crippen molar-refractivity contribution in [2.24, 2.45) is 0 Å². The molecule has 22 heteroatoms. The SMILES string of the molecule is Cc1nc(C2(n3cc(-c4ccc(Cl)c(F)c4F)cn3)O[C@@H](CO)[C@@H](O)C[C@@]2(O)n2cc(-c3ccc(Cl)c(F)c3F)cn2)n(-c2cc(Cl)c(F)cc2C(F)(F)F)n1. The average Bonchev–Trinajstić information content (AvgIpc) is 3.92. The van der Waals surface area contributed by atoms with Crippen LogP contribution in [0.25, 0.3) is 27.9 Å². The minimum Gasteiger partial charge on any atom is -0.394 e. The van der Waals surface area contributed by atoms with Crippen molar-refractivity contribution in [3.05, 3.63) is 123 Å². The van der Waals surface area contributed by atoms with E-state index < -0.39 is 115 Å². The molecular formula is C34H22Cl3F8N7O4. The average molecular weight is 851 g/mol. The van der Waals surface area contributed by atoms with Crippen LogP contribution in [-0.4, -0.2) is 68.5 Å². The summed E-state index contributed by atoms with van der Waals surface area (Å²) in [6.45, 7) is 0.212. The topological polar surface area (TPSA) is 136 Å². The van der Waals surface area contributed by atoms with Crippen LogP contribution in [0.5, 0.6) is 0 Å². The van der Waals surface area contributed by atoms with Gasteiger partial charge in [-0.15, -0.1) is 0 Å². The lowest BCUT2D eigenvalue weighted by molar-refractivity contribution is -0.338. The van der Waals surface area contributed by atoms with Crippen LogP contribution < -0.4 is 0 Å². The van der Waals surface area contributed by atoms with Crippen LogP contribution in [0.2, 0.25) is 15.1 Å². The fourth-order valence-electron chi connectivity index (χ4n) is 6.47.